The van der Waals surface area contributed by atoms with Crippen LogP contribution in [0.5, 0.6) is 0 Å². The van der Waals surface area contributed by atoms with Crippen LogP contribution in [-0.4, -0.2) is 41.9 Å². The van der Waals surface area contributed by atoms with Gasteiger partial charge in [-0.1, -0.05) is 6.42 Å². The summed E-state index contributed by atoms with van der Waals surface area (Å²) < 4.78 is 10.6. The lowest BCUT2D eigenvalue weighted by Gasteiger charge is -2.37. The van der Waals surface area contributed by atoms with E-state index in [0.717, 1.165) is 25.7 Å². The molecule has 1 aliphatic rings. The maximum absolute atomic E-state index is 11.8. The molecule has 6 nitrogen and oxygen atoms in total. The first-order chi connectivity index (χ1) is 9.19. The first-order valence-corrected chi connectivity index (χ1v) is 7.09. The molecule has 1 aliphatic carbocycles. The van der Waals surface area contributed by atoms with Crippen molar-refractivity contribution in [1.82, 2.24) is 10.4 Å². The molecule has 0 bridgehead atoms. The second-order valence-corrected chi connectivity index (χ2v) is 6.22. The molecule has 1 N–H and O–H groups in total. The van der Waals surface area contributed by atoms with Gasteiger partial charge in [0.25, 0.3) is 0 Å². The lowest BCUT2D eigenvalue weighted by atomic mass is 9.92. The van der Waals surface area contributed by atoms with E-state index in [-0.39, 0.29) is 18.1 Å². The number of esters is 1. The van der Waals surface area contributed by atoms with E-state index in [4.69, 9.17) is 9.47 Å². The predicted molar refractivity (Wildman–Crippen MR) is 74.9 cm³/mol. The SMILES string of the molecule is CC(=O)O[C@@H]1CCCC[C@H]1N(C)NC(=O)OC(C)(C)C. The summed E-state index contributed by atoms with van der Waals surface area (Å²) in [5.41, 5.74) is 2.16. The molecule has 1 amide bonds. The Morgan fingerprint density at radius 2 is 1.80 bits per heavy atom. The van der Waals surface area contributed by atoms with Crippen molar-refractivity contribution in [2.45, 2.75) is 71.1 Å². The van der Waals surface area contributed by atoms with Crippen LogP contribution in [0.4, 0.5) is 4.79 Å². The number of hydrazine groups is 1. The molecule has 1 fully saturated rings. The Labute approximate surface area is 120 Å². The second kappa shape index (κ2) is 6.92. The summed E-state index contributed by atoms with van der Waals surface area (Å²) in [5, 5.41) is 1.70. The molecule has 6 heteroatoms. The van der Waals surface area contributed by atoms with Gasteiger partial charge in [-0.3, -0.25) is 10.2 Å². The molecule has 0 aliphatic heterocycles. The molecular formula is C14H26N2O4. The maximum atomic E-state index is 11.8. The van der Waals surface area contributed by atoms with Crippen LogP contribution in [0.2, 0.25) is 0 Å². The minimum atomic E-state index is -0.535. The number of ether oxygens (including phenoxy) is 2. The van der Waals surface area contributed by atoms with Crippen molar-refractivity contribution in [2.24, 2.45) is 0 Å². The molecule has 0 aromatic carbocycles. The van der Waals surface area contributed by atoms with Crippen molar-refractivity contribution in [3.05, 3.63) is 0 Å². The van der Waals surface area contributed by atoms with Crippen molar-refractivity contribution < 1.29 is 19.1 Å². The third-order valence-corrected chi connectivity index (χ3v) is 3.15. The fourth-order valence-electron chi connectivity index (χ4n) is 2.40. The number of carbonyl (C=O) groups is 2. The molecule has 20 heavy (non-hydrogen) atoms. The fourth-order valence-corrected chi connectivity index (χ4v) is 2.40. The summed E-state index contributed by atoms with van der Waals surface area (Å²) in [4.78, 5) is 22.9. The van der Waals surface area contributed by atoms with Crippen molar-refractivity contribution in [3.8, 4) is 0 Å². The van der Waals surface area contributed by atoms with Gasteiger partial charge in [0.2, 0.25) is 0 Å². The lowest BCUT2D eigenvalue weighted by molar-refractivity contribution is -0.152. The van der Waals surface area contributed by atoms with Crippen LogP contribution >= 0.6 is 0 Å². The predicted octanol–water partition coefficient (Wildman–Crippen LogP) is 2.23. The monoisotopic (exact) mass is 286 g/mol. The van der Waals surface area contributed by atoms with Gasteiger partial charge in [0.1, 0.15) is 11.7 Å². The van der Waals surface area contributed by atoms with Crippen LogP contribution in [0.3, 0.4) is 0 Å². The smallest absolute Gasteiger partial charge is 0.422 e. The first-order valence-electron chi connectivity index (χ1n) is 7.09. The van der Waals surface area contributed by atoms with Gasteiger partial charge in [0.15, 0.2) is 0 Å². The Kier molecular flexibility index (Phi) is 5.80. The lowest BCUT2D eigenvalue weighted by Crippen LogP contribution is -2.53. The van der Waals surface area contributed by atoms with Crippen molar-refractivity contribution in [1.29, 1.82) is 0 Å². The second-order valence-electron chi connectivity index (χ2n) is 6.22. The van der Waals surface area contributed by atoms with E-state index in [0.29, 0.717) is 0 Å². The Balaban J connectivity index is 2.56. The number of carbonyl (C=O) groups excluding carboxylic acids is 2. The largest absolute Gasteiger partial charge is 0.461 e. The van der Waals surface area contributed by atoms with E-state index in [1.165, 1.54) is 6.92 Å². The number of amides is 1. The Bertz CT molecular complexity index is 352. The average molecular weight is 286 g/mol. The summed E-state index contributed by atoms with van der Waals surface area (Å²) in [5.74, 6) is -0.285. The number of hydrogen-bond acceptors (Lipinski definition) is 5. The number of rotatable bonds is 3. The average Bonchev–Trinajstić information content (AvgIpc) is 2.25. The van der Waals surface area contributed by atoms with Gasteiger partial charge in [0.05, 0.1) is 6.04 Å². The summed E-state index contributed by atoms with van der Waals surface area (Å²) in [6.45, 7) is 6.85. The molecule has 0 unspecified atom stereocenters. The molecule has 0 saturated heterocycles. The van der Waals surface area contributed by atoms with E-state index in [1.54, 1.807) is 12.1 Å². The van der Waals surface area contributed by atoms with Gasteiger partial charge < -0.3 is 9.47 Å². The van der Waals surface area contributed by atoms with E-state index >= 15 is 0 Å². The topological polar surface area (TPSA) is 67.9 Å². The van der Waals surface area contributed by atoms with Crippen LogP contribution in [0.25, 0.3) is 0 Å². The van der Waals surface area contributed by atoms with Gasteiger partial charge in [-0.25, -0.2) is 9.80 Å². The van der Waals surface area contributed by atoms with Crippen molar-refractivity contribution in [2.75, 3.05) is 7.05 Å². The Morgan fingerprint density at radius 1 is 1.20 bits per heavy atom. The molecule has 1 rings (SSSR count). The number of nitrogens with one attached hydrogen (secondary N) is 1. The minimum Gasteiger partial charge on any atom is -0.461 e. The summed E-state index contributed by atoms with van der Waals surface area (Å²) in [6.07, 6.45) is 3.13. The van der Waals surface area contributed by atoms with Crippen LogP contribution in [0.15, 0.2) is 0 Å². The van der Waals surface area contributed by atoms with E-state index < -0.39 is 11.7 Å². The van der Waals surface area contributed by atoms with Crippen LogP contribution in [0.1, 0.15) is 53.4 Å². The zero-order valence-corrected chi connectivity index (χ0v) is 13.1. The molecule has 1 saturated carbocycles. The Hall–Kier alpha value is -1.30. The number of likely N-dealkylation sites (N-methyl/N-ethyl adjacent to an activating group) is 1. The molecular weight excluding hydrogens is 260 g/mol. The van der Waals surface area contributed by atoms with E-state index in [1.807, 2.05) is 20.8 Å². The highest BCUT2D eigenvalue weighted by molar-refractivity contribution is 5.67. The first kappa shape index (κ1) is 16.8. The summed E-state index contributed by atoms with van der Waals surface area (Å²) in [7, 11) is 1.77. The fraction of sp³-hybridized carbons (Fsp3) is 0.857. The highest BCUT2D eigenvalue weighted by atomic mass is 16.6. The van der Waals surface area contributed by atoms with Crippen molar-refractivity contribution >= 4 is 12.1 Å². The standard InChI is InChI=1S/C14H26N2O4/c1-10(17)19-12-9-7-6-8-11(12)16(5)15-13(18)20-14(2,3)4/h11-12H,6-9H2,1-5H3,(H,15,18)/t11-,12-/m1/s1. The Morgan fingerprint density at radius 3 is 2.35 bits per heavy atom. The number of hydrogen-bond donors (Lipinski definition) is 1. The summed E-state index contributed by atoms with van der Waals surface area (Å²) in [6, 6.07) is -0.0137. The molecule has 0 heterocycles. The summed E-state index contributed by atoms with van der Waals surface area (Å²) >= 11 is 0. The molecule has 0 radical (unpaired) electrons. The zero-order chi connectivity index (χ0) is 15.3. The van der Waals surface area contributed by atoms with Gasteiger partial charge in [-0.05, 0) is 40.0 Å². The highest BCUT2D eigenvalue weighted by Crippen LogP contribution is 2.24. The number of nitrogens with zero attached hydrogens (tertiary/aromatic N) is 1. The van der Waals surface area contributed by atoms with Gasteiger partial charge >= 0.3 is 12.1 Å². The van der Waals surface area contributed by atoms with Gasteiger partial charge in [-0.15, -0.1) is 0 Å². The van der Waals surface area contributed by atoms with Crippen LogP contribution in [0, 0.1) is 0 Å². The molecule has 0 aromatic rings. The third kappa shape index (κ3) is 5.77. The van der Waals surface area contributed by atoms with E-state index in [9.17, 15) is 9.59 Å². The maximum Gasteiger partial charge on any atom is 0.422 e. The normalized spacial score (nSPS) is 23.3. The molecule has 2 atom stereocenters. The molecule has 116 valence electrons. The zero-order valence-electron chi connectivity index (χ0n) is 13.1. The minimum absolute atomic E-state index is 0.0137. The van der Waals surface area contributed by atoms with Crippen LogP contribution < -0.4 is 5.43 Å². The van der Waals surface area contributed by atoms with Crippen LogP contribution in [-0.2, 0) is 14.3 Å². The van der Waals surface area contributed by atoms with Gasteiger partial charge in [-0.2, -0.15) is 0 Å². The quantitative estimate of drug-likeness (QED) is 0.636. The highest BCUT2D eigenvalue weighted by Gasteiger charge is 2.32. The third-order valence-electron chi connectivity index (χ3n) is 3.15. The van der Waals surface area contributed by atoms with E-state index in [2.05, 4.69) is 5.43 Å². The molecule has 0 aromatic heterocycles. The van der Waals surface area contributed by atoms with Crippen molar-refractivity contribution in [3.63, 3.8) is 0 Å². The molecule has 0 spiro atoms. The van der Waals surface area contributed by atoms with Gasteiger partial charge in [0, 0.05) is 14.0 Å².